The number of carbonyl (C=O) groups excluding carboxylic acids is 1. The Balaban J connectivity index is 0.00000242. The molecule has 2 aliphatic heterocycles. The Labute approximate surface area is 138 Å². The van der Waals surface area contributed by atoms with Gasteiger partial charge in [-0.3, -0.25) is 4.79 Å². The summed E-state index contributed by atoms with van der Waals surface area (Å²) in [4.78, 5) is 13.6. The molecule has 0 aromatic rings. The maximum Gasteiger partial charge on any atom is 0.282 e. The highest BCUT2D eigenvalue weighted by Crippen LogP contribution is 2.14. The Morgan fingerprint density at radius 2 is 1.59 bits per heavy atom. The number of nitrogens with zero attached hydrogens (tertiary/aromatic N) is 3. The van der Waals surface area contributed by atoms with Gasteiger partial charge in [0.05, 0.1) is 13.2 Å². The highest BCUT2D eigenvalue weighted by Gasteiger charge is 2.34. The minimum Gasteiger partial charge on any atom is -0.379 e. The molecule has 0 aromatic heterocycles. The van der Waals surface area contributed by atoms with E-state index in [2.05, 4.69) is 0 Å². The van der Waals surface area contributed by atoms with Crippen LogP contribution in [0.25, 0.3) is 0 Å². The molecule has 0 spiro atoms. The van der Waals surface area contributed by atoms with E-state index in [0.29, 0.717) is 58.9 Å². The predicted octanol–water partition coefficient (Wildman–Crippen LogP) is -1.13. The first-order valence-corrected chi connectivity index (χ1v) is 8.67. The summed E-state index contributed by atoms with van der Waals surface area (Å²) in [6, 6.07) is -0.174. The molecule has 0 aliphatic carbocycles. The molecule has 2 fully saturated rings. The lowest BCUT2D eigenvalue weighted by molar-refractivity contribution is -0.132. The zero-order chi connectivity index (χ0) is 15.5. The number of piperazine rings is 1. The van der Waals surface area contributed by atoms with Crippen LogP contribution < -0.4 is 5.73 Å². The molecule has 2 saturated heterocycles. The molecule has 2 heterocycles. The van der Waals surface area contributed by atoms with Crippen molar-refractivity contribution in [2.45, 2.75) is 19.4 Å². The number of hydrogen-bond donors (Lipinski definition) is 1. The number of rotatable bonds is 4. The van der Waals surface area contributed by atoms with Crippen LogP contribution in [0.15, 0.2) is 0 Å². The summed E-state index contributed by atoms with van der Waals surface area (Å²) in [5, 5.41) is 0. The van der Waals surface area contributed by atoms with Gasteiger partial charge in [0, 0.05) is 51.7 Å². The van der Waals surface area contributed by atoms with Crippen molar-refractivity contribution in [1.29, 1.82) is 0 Å². The van der Waals surface area contributed by atoms with Gasteiger partial charge in [-0.05, 0) is 6.92 Å². The fourth-order valence-electron chi connectivity index (χ4n) is 2.51. The van der Waals surface area contributed by atoms with E-state index < -0.39 is 10.2 Å². The van der Waals surface area contributed by atoms with Crippen LogP contribution >= 0.6 is 12.4 Å². The molecule has 2 N–H and O–H groups in total. The quantitative estimate of drug-likeness (QED) is 0.687. The Kier molecular flexibility index (Phi) is 7.50. The number of nitrogens with two attached hydrogens (primary N) is 1. The molecule has 130 valence electrons. The third-order valence-electron chi connectivity index (χ3n) is 3.71. The number of halogens is 1. The largest absolute Gasteiger partial charge is 0.379 e. The van der Waals surface area contributed by atoms with E-state index >= 15 is 0 Å². The summed E-state index contributed by atoms with van der Waals surface area (Å²) in [6.45, 7) is 4.98. The summed E-state index contributed by atoms with van der Waals surface area (Å²) in [5.74, 6) is -0.00609. The molecule has 2 aliphatic rings. The fourth-order valence-corrected chi connectivity index (χ4v) is 4.08. The van der Waals surface area contributed by atoms with Gasteiger partial charge in [-0.25, -0.2) is 0 Å². The van der Waals surface area contributed by atoms with Crippen LogP contribution in [0.4, 0.5) is 0 Å². The minimum absolute atomic E-state index is 0. The first-order chi connectivity index (χ1) is 9.91. The van der Waals surface area contributed by atoms with E-state index in [1.807, 2.05) is 0 Å². The highest BCUT2D eigenvalue weighted by molar-refractivity contribution is 7.86. The first kappa shape index (κ1) is 19.6. The average Bonchev–Trinajstić information content (AvgIpc) is 2.47. The van der Waals surface area contributed by atoms with E-state index in [4.69, 9.17) is 10.5 Å². The van der Waals surface area contributed by atoms with Gasteiger partial charge < -0.3 is 15.4 Å². The summed E-state index contributed by atoms with van der Waals surface area (Å²) < 4.78 is 33.0. The molecule has 1 atom stereocenters. The maximum atomic E-state index is 12.5. The second-order valence-electron chi connectivity index (χ2n) is 5.48. The van der Waals surface area contributed by atoms with Gasteiger partial charge in [0.25, 0.3) is 10.2 Å². The molecule has 0 bridgehead atoms. The summed E-state index contributed by atoms with van der Waals surface area (Å²) in [5.41, 5.74) is 5.62. The predicted molar refractivity (Wildman–Crippen MR) is 85.0 cm³/mol. The van der Waals surface area contributed by atoms with Crippen molar-refractivity contribution in [3.8, 4) is 0 Å². The van der Waals surface area contributed by atoms with E-state index in [-0.39, 0.29) is 24.4 Å². The molecule has 0 radical (unpaired) electrons. The van der Waals surface area contributed by atoms with Gasteiger partial charge in [0.1, 0.15) is 0 Å². The van der Waals surface area contributed by atoms with Crippen molar-refractivity contribution in [3.05, 3.63) is 0 Å². The van der Waals surface area contributed by atoms with Gasteiger partial charge in [0.2, 0.25) is 5.91 Å². The van der Waals surface area contributed by atoms with Gasteiger partial charge in [-0.1, -0.05) is 0 Å². The molecule has 0 saturated carbocycles. The number of morpholine rings is 1. The Bertz CT molecular complexity index is 460. The highest BCUT2D eigenvalue weighted by atomic mass is 35.5. The van der Waals surface area contributed by atoms with E-state index in [1.54, 1.807) is 11.8 Å². The molecule has 8 nitrogen and oxygen atoms in total. The molecule has 0 aromatic carbocycles. The molecule has 1 unspecified atom stereocenters. The monoisotopic (exact) mass is 356 g/mol. The fraction of sp³-hybridized carbons (Fsp3) is 0.917. The molecule has 2 rings (SSSR count). The van der Waals surface area contributed by atoms with Crippen molar-refractivity contribution >= 4 is 28.5 Å². The van der Waals surface area contributed by atoms with Crippen LogP contribution in [0.3, 0.4) is 0 Å². The van der Waals surface area contributed by atoms with E-state index in [1.165, 1.54) is 8.61 Å². The summed E-state index contributed by atoms with van der Waals surface area (Å²) >= 11 is 0. The topological polar surface area (TPSA) is 96.2 Å². The minimum atomic E-state index is -3.43. The van der Waals surface area contributed by atoms with Crippen LogP contribution in [0.5, 0.6) is 0 Å². The lowest BCUT2D eigenvalue weighted by Gasteiger charge is -2.37. The van der Waals surface area contributed by atoms with Gasteiger partial charge in [0.15, 0.2) is 0 Å². The van der Waals surface area contributed by atoms with Crippen molar-refractivity contribution in [1.82, 2.24) is 13.5 Å². The maximum absolute atomic E-state index is 12.5. The summed E-state index contributed by atoms with van der Waals surface area (Å²) in [7, 11) is -3.43. The van der Waals surface area contributed by atoms with Crippen LogP contribution in [0.2, 0.25) is 0 Å². The third kappa shape index (κ3) is 4.77. The third-order valence-corrected chi connectivity index (χ3v) is 5.75. The van der Waals surface area contributed by atoms with Crippen LogP contribution in [0, 0.1) is 0 Å². The SMILES string of the molecule is CC(N)CC(=O)N1CCN(S(=O)(=O)N2CCOCC2)CC1.Cl. The molecular formula is C12H25ClN4O4S. The zero-order valence-corrected chi connectivity index (χ0v) is 14.4. The number of ether oxygens (including phenoxy) is 1. The lowest BCUT2D eigenvalue weighted by Crippen LogP contribution is -2.56. The smallest absolute Gasteiger partial charge is 0.282 e. The van der Waals surface area contributed by atoms with Crippen LogP contribution in [-0.4, -0.2) is 86.4 Å². The van der Waals surface area contributed by atoms with Gasteiger partial charge >= 0.3 is 0 Å². The van der Waals surface area contributed by atoms with Crippen LogP contribution in [0.1, 0.15) is 13.3 Å². The molecule has 22 heavy (non-hydrogen) atoms. The standard InChI is InChI=1S/C12H24N4O4S.ClH/c1-11(13)10-12(17)14-2-4-15(5-3-14)21(18,19)16-6-8-20-9-7-16;/h11H,2-10,13H2,1H3;1H. The first-order valence-electron chi connectivity index (χ1n) is 7.27. The molecule has 1 amide bonds. The second kappa shape index (κ2) is 8.42. The average molecular weight is 357 g/mol. The number of amides is 1. The Morgan fingerprint density at radius 3 is 2.09 bits per heavy atom. The van der Waals surface area contributed by atoms with Crippen LogP contribution in [-0.2, 0) is 19.7 Å². The Morgan fingerprint density at radius 1 is 1.09 bits per heavy atom. The van der Waals surface area contributed by atoms with Gasteiger partial charge in [-0.15, -0.1) is 12.4 Å². The number of carbonyl (C=O) groups is 1. The van der Waals surface area contributed by atoms with E-state index in [9.17, 15) is 13.2 Å². The number of hydrogen-bond acceptors (Lipinski definition) is 5. The van der Waals surface area contributed by atoms with Crippen molar-refractivity contribution in [3.63, 3.8) is 0 Å². The van der Waals surface area contributed by atoms with E-state index in [0.717, 1.165) is 0 Å². The Hall–Kier alpha value is -0.450. The van der Waals surface area contributed by atoms with Gasteiger partial charge in [-0.2, -0.15) is 17.0 Å². The normalized spacial score (nSPS) is 22.9. The summed E-state index contributed by atoms with van der Waals surface area (Å²) in [6.07, 6.45) is 0.302. The lowest BCUT2D eigenvalue weighted by atomic mass is 10.2. The second-order valence-corrected chi connectivity index (χ2v) is 7.41. The van der Waals surface area contributed by atoms with Crippen molar-refractivity contribution in [2.75, 3.05) is 52.5 Å². The van der Waals surface area contributed by atoms with Crippen molar-refractivity contribution < 1.29 is 17.9 Å². The van der Waals surface area contributed by atoms with Crippen molar-refractivity contribution in [2.24, 2.45) is 5.73 Å². The zero-order valence-electron chi connectivity index (χ0n) is 12.8. The molecule has 10 heteroatoms. The molecular weight excluding hydrogens is 332 g/mol.